The zero-order valence-corrected chi connectivity index (χ0v) is 14.2. The van der Waals surface area contributed by atoms with Crippen molar-refractivity contribution in [1.29, 1.82) is 0 Å². The van der Waals surface area contributed by atoms with Crippen LogP contribution in [0, 0.1) is 11.7 Å². The summed E-state index contributed by atoms with van der Waals surface area (Å²) in [5.74, 6) is 0.423. The highest BCUT2D eigenvalue weighted by Gasteiger charge is 2.44. The van der Waals surface area contributed by atoms with Gasteiger partial charge < -0.3 is 10.2 Å². The molecule has 2 heterocycles. The molecule has 4 rings (SSSR count). The predicted molar refractivity (Wildman–Crippen MR) is 94.1 cm³/mol. The van der Waals surface area contributed by atoms with E-state index in [4.69, 9.17) is 0 Å². The van der Waals surface area contributed by atoms with Crippen molar-refractivity contribution in [2.75, 3.05) is 23.3 Å². The number of hydrogen-bond acceptors (Lipinski definition) is 4. The van der Waals surface area contributed by atoms with Gasteiger partial charge in [-0.3, -0.25) is 4.79 Å². The Labute approximate surface area is 144 Å². The van der Waals surface area contributed by atoms with Crippen LogP contribution in [0.5, 0.6) is 0 Å². The van der Waals surface area contributed by atoms with Crippen LogP contribution in [0.3, 0.4) is 0 Å². The first-order valence-corrected chi connectivity index (χ1v) is 9.35. The Morgan fingerprint density at radius 1 is 1.29 bits per heavy atom. The van der Waals surface area contributed by atoms with Crippen molar-refractivity contribution >= 4 is 28.2 Å². The zero-order chi connectivity index (χ0) is 16.5. The van der Waals surface area contributed by atoms with Crippen LogP contribution in [-0.2, 0) is 4.79 Å². The van der Waals surface area contributed by atoms with Crippen molar-refractivity contribution < 1.29 is 9.18 Å². The normalized spacial score (nSPS) is 23.1. The summed E-state index contributed by atoms with van der Waals surface area (Å²) in [6, 6.07) is 6.54. The van der Waals surface area contributed by atoms with Gasteiger partial charge in [0.05, 0.1) is 0 Å². The standard InChI is InChI=1S/C18H20FN3OS/c19-13-6-4-5-12(9-13)14-10-15(14)17(23)20-16-11-24-18(21-16)22-7-2-1-3-8-22/h4-6,9,11,14-15H,1-3,7-8,10H2,(H,20,23)/t14-,15-/m1/s1. The molecule has 1 saturated heterocycles. The van der Waals surface area contributed by atoms with Gasteiger partial charge in [0.2, 0.25) is 5.91 Å². The summed E-state index contributed by atoms with van der Waals surface area (Å²) in [7, 11) is 0. The fourth-order valence-corrected chi connectivity index (χ4v) is 4.17. The molecule has 24 heavy (non-hydrogen) atoms. The first kappa shape index (κ1) is 15.6. The van der Waals surface area contributed by atoms with E-state index in [1.165, 1.54) is 31.4 Å². The SMILES string of the molecule is O=C(Nc1csc(N2CCCCC2)n1)[C@@H]1C[C@@H]1c1cccc(F)c1. The highest BCUT2D eigenvalue weighted by molar-refractivity contribution is 7.14. The molecule has 2 fully saturated rings. The maximum absolute atomic E-state index is 13.3. The van der Waals surface area contributed by atoms with Gasteiger partial charge in [0.15, 0.2) is 5.13 Å². The van der Waals surface area contributed by atoms with Crippen LogP contribution < -0.4 is 10.2 Å². The summed E-state index contributed by atoms with van der Waals surface area (Å²) < 4.78 is 13.3. The number of benzene rings is 1. The molecule has 1 aromatic carbocycles. The number of nitrogens with zero attached hydrogens (tertiary/aromatic N) is 2. The summed E-state index contributed by atoms with van der Waals surface area (Å²) in [4.78, 5) is 19.2. The van der Waals surface area contributed by atoms with E-state index in [0.717, 1.165) is 30.2 Å². The topological polar surface area (TPSA) is 45.2 Å². The van der Waals surface area contributed by atoms with Crippen LogP contribution in [0.25, 0.3) is 0 Å². The average molecular weight is 345 g/mol. The minimum atomic E-state index is -0.246. The highest BCUT2D eigenvalue weighted by Crippen LogP contribution is 2.48. The molecule has 0 radical (unpaired) electrons. The number of amides is 1. The number of carbonyl (C=O) groups excluding carboxylic acids is 1. The Morgan fingerprint density at radius 2 is 2.12 bits per heavy atom. The molecule has 1 amide bonds. The van der Waals surface area contributed by atoms with Gasteiger partial charge >= 0.3 is 0 Å². The molecule has 0 bridgehead atoms. The zero-order valence-electron chi connectivity index (χ0n) is 13.4. The number of anilines is 2. The molecule has 1 aliphatic heterocycles. The second-order valence-electron chi connectivity index (χ2n) is 6.56. The lowest BCUT2D eigenvalue weighted by Gasteiger charge is -2.25. The molecule has 1 aromatic heterocycles. The molecular formula is C18H20FN3OS. The van der Waals surface area contributed by atoms with Gasteiger partial charge in [-0.15, -0.1) is 11.3 Å². The van der Waals surface area contributed by atoms with Crippen LogP contribution >= 0.6 is 11.3 Å². The lowest BCUT2D eigenvalue weighted by Crippen LogP contribution is -2.29. The number of aromatic nitrogens is 1. The Kier molecular flexibility index (Phi) is 4.22. The first-order chi connectivity index (χ1) is 11.7. The van der Waals surface area contributed by atoms with Gasteiger partial charge in [0.1, 0.15) is 11.6 Å². The maximum atomic E-state index is 13.3. The lowest BCUT2D eigenvalue weighted by molar-refractivity contribution is -0.117. The van der Waals surface area contributed by atoms with Gasteiger partial charge in [-0.1, -0.05) is 12.1 Å². The molecule has 6 heteroatoms. The van der Waals surface area contributed by atoms with E-state index in [0.29, 0.717) is 5.82 Å². The summed E-state index contributed by atoms with van der Waals surface area (Å²) in [6.07, 6.45) is 4.48. The Hall–Kier alpha value is -1.95. The third-order valence-electron chi connectivity index (χ3n) is 4.77. The second kappa shape index (κ2) is 6.51. The molecule has 1 saturated carbocycles. The van der Waals surface area contributed by atoms with E-state index in [9.17, 15) is 9.18 Å². The molecule has 0 unspecified atom stereocenters. The number of nitrogens with one attached hydrogen (secondary N) is 1. The first-order valence-electron chi connectivity index (χ1n) is 8.47. The number of thiazole rings is 1. The van der Waals surface area contributed by atoms with Gasteiger partial charge in [0, 0.05) is 24.4 Å². The van der Waals surface area contributed by atoms with Crippen molar-refractivity contribution in [2.45, 2.75) is 31.6 Å². The Balaban J connectivity index is 1.36. The minimum absolute atomic E-state index is 0.0141. The second-order valence-corrected chi connectivity index (χ2v) is 7.39. The molecule has 126 valence electrons. The predicted octanol–water partition coefficient (Wildman–Crippen LogP) is 4.01. The molecule has 2 aliphatic rings. The molecule has 2 atom stereocenters. The summed E-state index contributed by atoms with van der Waals surface area (Å²) in [5.41, 5.74) is 0.905. The van der Waals surface area contributed by atoms with Gasteiger partial charge in [-0.25, -0.2) is 9.37 Å². The Bertz CT molecular complexity index is 741. The van der Waals surface area contributed by atoms with Crippen LogP contribution in [0.2, 0.25) is 0 Å². The van der Waals surface area contributed by atoms with Crippen LogP contribution in [-0.4, -0.2) is 24.0 Å². The monoisotopic (exact) mass is 345 g/mol. The van der Waals surface area contributed by atoms with Gasteiger partial charge in [0.25, 0.3) is 0 Å². The third kappa shape index (κ3) is 3.29. The molecule has 1 N–H and O–H groups in total. The summed E-state index contributed by atoms with van der Waals surface area (Å²) >= 11 is 1.58. The number of carbonyl (C=O) groups is 1. The fraction of sp³-hybridized carbons (Fsp3) is 0.444. The van der Waals surface area contributed by atoms with E-state index in [1.54, 1.807) is 17.4 Å². The smallest absolute Gasteiger partial charge is 0.229 e. The van der Waals surface area contributed by atoms with Crippen molar-refractivity contribution in [3.8, 4) is 0 Å². The summed E-state index contributed by atoms with van der Waals surface area (Å²) in [6.45, 7) is 2.09. The van der Waals surface area contributed by atoms with Crippen molar-refractivity contribution in [3.05, 3.63) is 41.0 Å². The molecule has 1 aliphatic carbocycles. The number of hydrogen-bond donors (Lipinski definition) is 1. The van der Waals surface area contributed by atoms with Crippen molar-refractivity contribution in [1.82, 2.24) is 4.98 Å². The largest absolute Gasteiger partial charge is 0.348 e. The van der Waals surface area contributed by atoms with Crippen LogP contribution in [0.15, 0.2) is 29.6 Å². The van der Waals surface area contributed by atoms with E-state index in [-0.39, 0.29) is 23.6 Å². The maximum Gasteiger partial charge on any atom is 0.229 e. The van der Waals surface area contributed by atoms with E-state index in [2.05, 4.69) is 15.2 Å². The summed E-state index contributed by atoms with van der Waals surface area (Å²) in [5, 5.41) is 5.81. The quantitative estimate of drug-likeness (QED) is 0.910. The molecule has 0 spiro atoms. The highest BCUT2D eigenvalue weighted by atomic mass is 32.1. The molecule has 2 aromatic rings. The van der Waals surface area contributed by atoms with Crippen molar-refractivity contribution in [2.24, 2.45) is 5.92 Å². The lowest BCUT2D eigenvalue weighted by atomic mass is 10.1. The fourth-order valence-electron chi connectivity index (χ4n) is 3.36. The van der Waals surface area contributed by atoms with E-state index < -0.39 is 0 Å². The number of halogens is 1. The van der Waals surface area contributed by atoms with Crippen molar-refractivity contribution in [3.63, 3.8) is 0 Å². The third-order valence-corrected chi connectivity index (χ3v) is 5.68. The van der Waals surface area contributed by atoms with Crippen LogP contribution in [0.4, 0.5) is 15.3 Å². The van der Waals surface area contributed by atoms with Crippen LogP contribution in [0.1, 0.15) is 37.2 Å². The minimum Gasteiger partial charge on any atom is -0.348 e. The molecule has 4 nitrogen and oxygen atoms in total. The van der Waals surface area contributed by atoms with E-state index in [1.807, 2.05) is 11.4 Å². The molecular weight excluding hydrogens is 325 g/mol. The van der Waals surface area contributed by atoms with E-state index >= 15 is 0 Å². The van der Waals surface area contributed by atoms with Gasteiger partial charge in [-0.05, 0) is 49.3 Å². The Morgan fingerprint density at radius 3 is 2.92 bits per heavy atom. The number of rotatable bonds is 4. The number of piperidine rings is 1. The van der Waals surface area contributed by atoms with Gasteiger partial charge in [-0.2, -0.15) is 0 Å². The average Bonchev–Trinajstić information content (AvgIpc) is 3.28.